The lowest BCUT2D eigenvalue weighted by molar-refractivity contribution is -0.112. The molecule has 1 aliphatic rings. The Bertz CT molecular complexity index is 1290. The lowest BCUT2D eigenvalue weighted by atomic mass is 9.71. The number of imidazole rings is 1. The van der Waals surface area contributed by atoms with Gasteiger partial charge in [0.2, 0.25) is 5.91 Å². The van der Waals surface area contributed by atoms with Gasteiger partial charge in [0, 0.05) is 24.5 Å². The molecular weight excluding hydrogens is 482 g/mol. The summed E-state index contributed by atoms with van der Waals surface area (Å²) in [6, 6.07) is 0.363. The minimum Gasteiger partial charge on any atom is -0.330 e. The number of nitrogens with zero attached hydrogens (tertiary/aromatic N) is 2. The fourth-order valence-corrected chi connectivity index (χ4v) is 4.46. The van der Waals surface area contributed by atoms with E-state index in [9.17, 15) is 22.4 Å². The van der Waals surface area contributed by atoms with Gasteiger partial charge in [-0.05, 0) is 55.7 Å². The molecule has 1 amide bonds. The number of rotatable bonds is 7. The first-order chi connectivity index (χ1) is 17.4. The number of aromatic nitrogens is 2. The van der Waals surface area contributed by atoms with Crippen LogP contribution in [-0.2, 0) is 4.79 Å². The van der Waals surface area contributed by atoms with Crippen LogP contribution in [0.4, 0.5) is 23.2 Å². The van der Waals surface area contributed by atoms with Crippen molar-refractivity contribution in [2.45, 2.75) is 53.5 Å². The van der Waals surface area contributed by atoms with Gasteiger partial charge in [0.15, 0.2) is 23.3 Å². The number of amides is 1. The molecule has 0 saturated heterocycles. The van der Waals surface area contributed by atoms with Crippen molar-refractivity contribution in [3.05, 3.63) is 107 Å². The number of carbonyl (C=O) groups excluding carboxylic acids is 1. The zero-order valence-corrected chi connectivity index (χ0v) is 21.6. The summed E-state index contributed by atoms with van der Waals surface area (Å²) in [5.41, 5.74) is 2.93. The highest BCUT2D eigenvalue weighted by Gasteiger charge is 2.32. The van der Waals surface area contributed by atoms with Crippen LogP contribution < -0.4 is 5.32 Å². The highest BCUT2D eigenvalue weighted by atomic mass is 19.2. The van der Waals surface area contributed by atoms with Gasteiger partial charge in [-0.2, -0.15) is 0 Å². The molecule has 2 aromatic rings. The number of carbonyl (C=O) groups is 1. The molecule has 0 saturated carbocycles. The Morgan fingerprint density at radius 1 is 1.11 bits per heavy atom. The fourth-order valence-electron chi connectivity index (χ4n) is 4.46. The minimum absolute atomic E-state index is 0.0456. The molecule has 0 fully saturated rings. The van der Waals surface area contributed by atoms with E-state index in [0.717, 1.165) is 24.5 Å². The lowest BCUT2D eigenvalue weighted by Gasteiger charge is -2.37. The van der Waals surface area contributed by atoms with Crippen LogP contribution in [0.1, 0.15) is 53.5 Å². The number of anilines is 1. The van der Waals surface area contributed by atoms with Gasteiger partial charge >= 0.3 is 0 Å². The first kappa shape index (κ1) is 27.9. The predicted molar refractivity (Wildman–Crippen MR) is 138 cm³/mol. The first-order valence-corrected chi connectivity index (χ1v) is 11.9. The maximum Gasteiger partial charge on any atom is 0.248 e. The standard InChI is InChI=1S/C29H31F4N3O/c1-18(9-10-21-20(3)24(11-12-29(21,4)5)36-14-13-34-17-36)7-6-8-19(2)15-25(37)35-28-26(32)22(30)16-23(31)27(28)33/h6-10,13-17,24H,11-12H2,1-5H3,(H,35,37). The zero-order chi connectivity index (χ0) is 27.3. The molecule has 1 atom stereocenters. The maximum atomic E-state index is 13.8. The summed E-state index contributed by atoms with van der Waals surface area (Å²) in [6.07, 6.45) is 18.2. The predicted octanol–water partition coefficient (Wildman–Crippen LogP) is 7.76. The van der Waals surface area contributed by atoms with Crippen LogP contribution in [0.5, 0.6) is 0 Å². The van der Waals surface area contributed by atoms with Crippen molar-refractivity contribution in [2.24, 2.45) is 5.41 Å². The Morgan fingerprint density at radius 2 is 1.78 bits per heavy atom. The topological polar surface area (TPSA) is 46.9 Å². The van der Waals surface area contributed by atoms with Crippen molar-refractivity contribution in [1.29, 1.82) is 0 Å². The normalized spacial score (nSPS) is 18.8. The van der Waals surface area contributed by atoms with Gasteiger partial charge < -0.3 is 9.88 Å². The van der Waals surface area contributed by atoms with Crippen LogP contribution in [0.3, 0.4) is 0 Å². The third-order valence-electron chi connectivity index (χ3n) is 6.53. The number of allylic oxidation sites excluding steroid dienone is 9. The van der Waals surface area contributed by atoms with E-state index in [2.05, 4.69) is 36.4 Å². The maximum absolute atomic E-state index is 13.8. The number of benzene rings is 1. The van der Waals surface area contributed by atoms with E-state index in [1.807, 2.05) is 36.9 Å². The van der Waals surface area contributed by atoms with E-state index in [1.165, 1.54) is 11.1 Å². The summed E-state index contributed by atoms with van der Waals surface area (Å²) in [5, 5.41) is 1.86. The highest BCUT2D eigenvalue weighted by molar-refractivity contribution is 6.00. The van der Waals surface area contributed by atoms with Gasteiger partial charge in [-0.25, -0.2) is 22.5 Å². The Kier molecular flexibility index (Phi) is 8.73. The van der Waals surface area contributed by atoms with Crippen molar-refractivity contribution in [3.63, 3.8) is 0 Å². The smallest absolute Gasteiger partial charge is 0.248 e. The molecule has 1 unspecified atom stereocenters. The van der Waals surface area contributed by atoms with Crippen LogP contribution in [-0.4, -0.2) is 15.5 Å². The minimum atomic E-state index is -1.66. The molecule has 37 heavy (non-hydrogen) atoms. The van der Waals surface area contributed by atoms with Gasteiger partial charge in [-0.1, -0.05) is 49.8 Å². The fraction of sp³-hybridized carbons (Fsp3) is 0.310. The van der Waals surface area contributed by atoms with E-state index in [-0.39, 0.29) is 17.5 Å². The molecule has 196 valence electrons. The SMILES string of the molecule is CC(C=CC1=C(C)C(n2ccnc2)CCC1(C)C)=CC=CC(C)=CC(=O)Nc1c(F)c(F)cc(F)c1F. The molecule has 1 aromatic carbocycles. The van der Waals surface area contributed by atoms with Gasteiger partial charge in [-0.3, -0.25) is 4.79 Å². The Balaban J connectivity index is 1.69. The van der Waals surface area contributed by atoms with Gasteiger partial charge in [-0.15, -0.1) is 0 Å². The summed E-state index contributed by atoms with van der Waals surface area (Å²) in [5.74, 6) is -7.43. The zero-order valence-electron chi connectivity index (χ0n) is 21.6. The Morgan fingerprint density at radius 3 is 2.41 bits per heavy atom. The molecule has 0 bridgehead atoms. The Labute approximate surface area is 214 Å². The van der Waals surface area contributed by atoms with E-state index < -0.39 is 34.9 Å². The van der Waals surface area contributed by atoms with E-state index in [4.69, 9.17) is 0 Å². The monoisotopic (exact) mass is 513 g/mol. The van der Waals surface area contributed by atoms with Crippen molar-refractivity contribution in [2.75, 3.05) is 5.32 Å². The molecule has 0 aliphatic heterocycles. The van der Waals surface area contributed by atoms with Gasteiger partial charge in [0.05, 0.1) is 12.4 Å². The van der Waals surface area contributed by atoms with Crippen LogP contribution in [0.15, 0.2) is 83.5 Å². The largest absolute Gasteiger partial charge is 0.330 e. The lowest BCUT2D eigenvalue weighted by Crippen LogP contribution is -2.25. The summed E-state index contributed by atoms with van der Waals surface area (Å²) in [6.45, 7) is 10.2. The summed E-state index contributed by atoms with van der Waals surface area (Å²) >= 11 is 0. The van der Waals surface area contributed by atoms with Crippen LogP contribution in [0.2, 0.25) is 0 Å². The van der Waals surface area contributed by atoms with Crippen LogP contribution in [0.25, 0.3) is 0 Å². The molecule has 1 N–H and O–H groups in total. The summed E-state index contributed by atoms with van der Waals surface area (Å²) < 4.78 is 56.3. The summed E-state index contributed by atoms with van der Waals surface area (Å²) in [7, 11) is 0. The molecule has 8 heteroatoms. The number of hydrogen-bond acceptors (Lipinski definition) is 2. The van der Waals surface area contributed by atoms with E-state index >= 15 is 0 Å². The average Bonchev–Trinajstić information content (AvgIpc) is 3.34. The first-order valence-electron chi connectivity index (χ1n) is 11.9. The van der Waals surface area contributed by atoms with E-state index in [0.29, 0.717) is 5.57 Å². The molecule has 1 aromatic heterocycles. The average molecular weight is 514 g/mol. The Hall–Kier alpha value is -3.68. The second-order valence-corrected chi connectivity index (χ2v) is 9.87. The van der Waals surface area contributed by atoms with Crippen LogP contribution >= 0.6 is 0 Å². The molecule has 4 nitrogen and oxygen atoms in total. The van der Waals surface area contributed by atoms with Crippen molar-refractivity contribution < 1.29 is 22.4 Å². The van der Waals surface area contributed by atoms with Crippen LogP contribution in [0, 0.1) is 28.7 Å². The third-order valence-corrected chi connectivity index (χ3v) is 6.53. The quantitative estimate of drug-likeness (QED) is 0.178. The molecule has 1 aliphatic carbocycles. The molecule has 3 rings (SSSR count). The second kappa shape index (κ2) is 11.6. The molecular formula is C29H31F4N3O. The number of hydrogen-bond donors (Lipinski definition) is 1. The van der Waals surface area contributed by atoms with Crippen molar-refractivity contribution >= 4 is 11.6 Å². The molecule has 0 radical (unpaired) electrons. The number of halogens is 4. The molecule has 1 heterocycles. The van der Waals surface area contributed by atoms with Crippen molar-refractivity contribution in [3.8, 4) is 0 Å². The highest BCUT2D eigenvalue weighted by Crippen LogP contribution is 2.45. The second-order valence-electron chi connectivity index (χ2n) is 9.87. The van der Waals surface area contributed by atoms with Gasteiger partial charge in [0.1, 0.15) is 5.69 Å². The van der Waals surface area contributed by atoms with Gasteiger partial charge in [0.25, 0.3) is 0 Å². The third kappa shape index (κ3) is 6.76. The molecule has 0 spiro atoms. The summed E-state index contributed by atoms with van der Waals surface area (Å²) in [4.78, 5) is 16.3. The number of nitrogens with one attached hydrogen (secondary N) is 1. The van der Waals surface area contributed by atoms with E-state index in [1.54, 1.807) is 25.3 Å². The van der Waals surface area contributed by atoms with Crippen molar-refractivity contribution in [1.82, 2.24) is 9.55 Å².